The molecular formula is C22H26N4O. The summed E-state index contributed by atoms with van der Waals surface area (Å²) < 4.78 is 2.52. The number of carbonyl (C=O) groups is 1. The third kappa shape index (κ3) is 3.34. The van der Waals surface area contributed by atoms with Crippen LogP contribution in [0.5, 0.6) is 0 Å². The molecule has 27 heavy (non-hydrogen) atoms. The smallest absolute Gasteiger partial charge is 0.256 e. The van der Waals surface area contributed by atoms with Gasteiger partial charge >= 0.3 is 0 Å². The summed E-state index contributed by atoms with van der Waals surface area (Å²) in [5.41, 5.74) is 4.61. The van der Waals surface area contributed by atoms with Crippen LogP contribution in [0.15, 0.2) is 36.8 Å². The minimum absolute atomic E-state index is 0.136. The Bertz CT molecular complexity index is 955. The molecule has 2 heterocycles. The zero-order chi connectivity index (χ0) is 18.8. The molecule has 1 N–H and O–H groups in total. The predicted octanol–water partition coefficient (Wildman–Crippen LogP) is 5.06. The molecule has 1 aliphatic carbocycles. The molecule has 0 saturated heterocycles. The van der Waals surface area contributed by atoms with Crippen molar-refractivity contribution in [2.45, 2.75) is 58.4 Å². The minimum atomic E-state index is -0.136. The molecule has 2 aromatic heterocycles. The molecule has 0 radical (unpaired) electrons. The first-order chi connectivity index (χ1) is 13.2. The van der Waals surface area contributed by atoms with E-state index in [1.807, 2.05) is 12.1 Å². The van der Waals surface area contributed by atoms with Crippen molar-refractivity contribution in [1.82, 2.24) is 14.5 Å². The molecule has 140 valence electrons. The predicted molar refractivity (Wildman–Crippen MR) is 108 cm³/mol. The molecule has 0 aliphatic heterocycles. The van der Waals surface area contributed by atoms with Gasteiger partial charge in [0.1, 0.15) is 12.1 Å². The van der Waals surface area contributed by atoms with Crippen molar-refractivity contribution in [2.24, 2.45) is 0 Å². The highest BCUT2D eigenvalue weighted by atomic mass is 16.1. The van der Waals surface area contributed by atoms with Crippen molar-refractivity contribution >= 4 is 22.6 Å². The van der Waals surface area contributed by atoms with Gasteiger partial charge in [0.15, 0.2) is 0 Å². The number of aryl methyl sites for hydroxylation is 1. The quantitative estimate of drug-likeness (QED) is 0.706. The van der Waals surface area contributed by atoms with Gasteiger partial charge in [-0.1, -0.05) is 32.3 Å². The van der Waals surface area contributed by atoms with Crippen LogP contribution in [-0.2, 0) is 6.42 Å². The lowest BCUT2D eigenvalue weighted by molar-refractivity contribution is 0.102. The van der Waals surface area contributed by atoms with Crippen molar-refractivity contribution in [2.75, 3.05) is 5.32 Å². The molecule has 1 aliphatic rings. The number of benzene rings is 1. The lowest BCUT2D eigenvalue weighted by Gasteiger charge is -2.26. The summed E-state index contributed by atoms with van der Waals surface area (Å²) in [5, 5.41) is 4.12. The molecule has 0 unspecified atom stereocenters. The Hall–Kier alpha value is -2.69. The number of hydrogen-bond donors (Lipinski definition) is 1. The molecule has 1 amide bonds. The van der Waals surface area contributed by atoms with Gasteiger partial charge < -0.3 is 9.88 Å². The van der Waals surface area contributed by atoms with Crippen LogP contribution in [0.25, 0.3) is 10.9 Å². The highest BCUT2D eigenvalue weighted by Crippen LogP contribution is 2.36. The first-order valence-corrected chi connectivity index (χ1v) is 9.89. The number of hydrogen-bond acceptors (Lipinski definition) is 3. The first-order valence-electron chi connectivity index (χ1n) is 9.89. The van der Waals surface area contributed by atoms with E-state index >= 15 is 0 Å². The van der Waals surface area contributed by atoms with E-state index in [0.717, 1.165) is 6.42 Å². The van der Waals surface area contributed by atoms with Gasteiger partial charge in [-0.3, -0.25) is 4.79 Å². The van der Waals surface area contributed by atoms with Gasteiger partial charge in [0.05, 0.1) is 0 Å². The summed E-state index contributed by atoms with van der Waals surface area (Å²) in [5.74, 6) is 0.380. The molecule has 0 atom stereocenters. The van der Waals surface area contributed by atoms with Gasteiger partial charge in [-0.25, -0.2) is 9.97 Å². The molecule has 1 fully saturated rings. The highest BCUT2D eigenvalue weighted by Gasteiger charge is 2.22. The van der Waals surface area contributed by atoms with Crippen LogP contribution in [0.4, 0.5) is 5.82 Å². The molecule has 4 rings (SSSR count). The van der Waals surface area contributed by atoms with Crippen LogP contribution in [0, 0.1) is 6.92 Å². The Labute approximate surface area is 159 Å². The van der Waals surface area contributed by atoms with E-state index in [-0.39, 0.29) is 5.91 Å². The Morgan fingerprint density at radius 3 is 2.74 bits per heavy atom. The van der Waals surface area contributed by atoms with Gasteiger partial charge in [0.25, 0.3) is 5.91 Å². The summed E-state index contributed by atoms with van der Waals surface area (Å²) in [7, 11) is 0. The topological polar surface area (TPSA) is 59.8 Å². The minimum Gasteiger partial charge on any atom is -0.341 e. The third-order valence-electron chi connectivity index (χ3n) is 5.75. The maximum atomic E-state index is 12.7. The van der Waals surface area contributed by atoms with Crippen LogP contribution < -0.4 is 5.32 Å². The second-order valence-corrected chi connectivity index (χ2v) is 7.37. The summed E-state index contributed by atoms with van der Waals surface area (Å²) in [6, 6.07) is 8.30. The molecule has 3 aromatic rings. The summed E-state index contributed by atoms with van der Waals surface area (Å²) in [6.45, 7) is 4.43. The van der Waals surface area contributed by atoms with Crippen molar-refractivity contribution in [3.63, 3.8) is 0 Å². The normalized spacial score (nSPS) is 15.2. The number of nitrogens with zero attached hydrogens (tertiary/aromatic N) is 3. The van der Waals surface area contributed by atoms with Crippen molar-refractivity contribution in [3.05, 3.63) is 53.6 Å². The van der Waals surface area contributed by atoms with Gasteiger partial charge in [0, 0.05) is 34.4 Å². The van der Waals surface area contributed by atoms with E-state index in [2.05, 4.69) is 39.8 Å². The number of fused-ring (bicyclic) bond motifs is 1. The van der Waals surface area contributed by atoms with Gasteiger partial charge in [-0.05, 0) is 49.9 Å². The fraction of sp³-hybridized carbons (Fsp3) is 0.409. The van der Waals surface area contributed by atoms with Crippen LogP contribution in [-0.4, -0.2) is 20.4 Å². The molecule has 0 spiro atoms. The van der Waals surface area contributed by atoms with Crippen LogP contribution in [0.3, 0.4) is 0 Å². The lowest BCUT2D eigenvalue weighted by Crippen LogP contribution is -2.16. The standard InChI is InChI=1S/C22H26N4O/c1-3-19-15(2)18-10-9-16(22(27)25-21-11-12-23-14-24-21)13-20(18)26(19)17-7-5-4-6-8-17/h9-14,17H,3-8H2,1-2H3,(H,23,24,25,27). The lowest BCUT2D eigenvalue weighted by atomic mass is 9.95. The average Bonchev–Trinajstić information content (AvgIpc) is 3.00. The molecule has 0 bridgehead atoms. The van der Waals surface area contributed by atoms with Gasteiger partial charge in [-0.15, -0.1) is 0 Å². The number of aromatic nitrogens is 3. The first kappa shape index (κ1) is 17.7. The third-order valence-corrected chi connectivity index (χ3v) is 5.75. The van der Waals surface area contributed by atoms with E-state index in [0.29, 0.717) is 17.4 Å². The van der Waals surface area contributed by atoms with Crippen LogP contribution >= 0.6 is 0 Å². The average molecular weight is 362 g/mol. The SMILES string of the molecule is CCc1c(C)c2ccc(C(=O)Nc3ccncn3)cc2n1C1CCCCC1. The van der Waals surface area contributed by atoms with Gasteiger partial charge in [0.2, 0.25) is 0 Å². The summed E-state index contributed by atoms with van der Waals surface area (Å²) >= 11 is 0. The van der Waals surface area contributed by atoms with E-state index < -0.39 is 0 Å². The number of anilines is 1. The van der Waals surface area contributed by atoms with Crippen molar-refractivity contribution < 1.29 is 4.79 Å². The number of rotatable bonds is 4. The van der Waals surface area contributed by atoms with E-state index in [4.69, 9.17) is 0 Å². The second kappa shape index (κ2) is 7.51. The van der Waals surface area contributed by atoms with E-state index in [1.165, 1.54) is 60.6 Å². The van der Waals surface area contributed by atoms with Gasteiger partial charge in [-0.2, -0.15) is 0 Å². The maximum absolute atomic E-state index is 12.7. The van der Waals surface area contributed by atoms with Crippen LogP contribution in [0.1, 0.15) is 66.7 Å². The zero-order valence-electron chi connectivity index (χ0n) is 16.0. The number of nitrogens with one attached hydrogen (secondary N) is 1. The Morgan fingerprint density at radius 1 is 1.22 bits per heavy atom. The largest absolute Gasteiger partial charge is 0.341 e. The Balaban J connectivity index is 1.75. The Kier molecular flexibility index (Phi) is 4.92. The van der Waals surface area contributed by atoms with Crippen molar-refractivity contribution in [1.29, 1.82) is 0 Å². The summed E-state index contributed by atoms with van der Waals surface area (Å²) in [4.78, 5) is 20.7. The molecular weight excluding hydrogens is 336 g/mol. The summed E-state index contributed by atoms with van der Waals surface area (Å²) in [6.07, 6.45) is 10.4. The van der Waals surface area contributed by atoms with Crippen LogP contribution in [0.2, 0.25) is 0 Å². The monoisotopic (exact) mass is 362 g/mol. The fourth-order valence-corrected chi connectivity index (χ4v) is 4.42. The zero-order valence-corrected chi connectivity index (χ0v) is 16.0. The molecule has 5 nitrogen and oxygen atoms in total. The van der Waals surface area contributed by atoms with E-state index in [9.17, 15) is 4.79 Å². The second-order valence-electron chi connectivity index (χ2n) is 7.37. The molecule has 1 aromatic carbocycles. The molecule has 1 saturated carbocycles. The number of amides is 1. The Morgan fingerprint density at radius 2 is 2.04 bits per heavy atom. The highest BCUT2D eigenvalue weighted by molar-refractivity contribution is 6.06. The fourth-order valence-electron chi connectivity index (χ4n) is 4.42. The van der Waals surface area contributed by atoms with E-state index in [1.54, 1.807) is 12.3 Å². The van der Waals surface area contributed by atoms with Crippen molar-refractivity contribution in [3.8, 4) is 0 Å². The molecule has 5 heteroatoms. The number of carbonyl (C=O) groups excluding carboxylic acids is 1. The maximum Gasteiger partial charge on any atom is 0.256 e.